The second-order valence-corrected chi connectivity index (χ2v) is 4.88. The summed E-state index contributed by atoms with van der Waals surface area (Å²) in [4.78, 5) is 0. The van der Waals surface area contributed by atoms with Crippen LogP contribution in [0.5, 0.6) is 0 Å². The summed E-state index contributed by atoms with van der Waals surface area (Å²) in [6, 6.07) is 0.230. The first-order chi connectivity index (χ1) is 8.28. The summed E-state index contributed by atoms with van der Waals surface area (Å²) in [5.41, 5.74) is 7.38. The predicted octanol–water partition coefficient (Wildman–Crippen LogP) is 1.73. The van der Waals surface area contributed by atoms with E-state index in [-0.39, 0.29) is 6.04 Å². The zero-order chi connectivity index (χ0) is 12.1. The van der Waals surface area contributed by atoms with Crippen molar-refractivity contribution in [1.29, 1.82) is 0 Å². The summed E-state index contributed by atoms with van der Waals surface area (Å²) in [6.07, 6.45) is 9.96. The fourth-order valence-corrected chi connectivity index (χ4v) is 2.36. The lowest BCUT2D eigenvalue weighted by Gasteiger charge is -2.13. The Labute approximate surface area is 103 Å². The minimum absolute atomic E-state index is 0.230. The molecule has 0 amide bonds. The smallest absolute Gasteiger partial charge is 0.0576 e. The van der Waals surface area contributed by atoms with Gasteiger partial charge in [0.15, 0.2) is 0 Å². The third-order valence-electron chi connectivity index (χ3n) is 3.39. The summed E-state index contributed by atoms with van der Waals surface area (Å²) in [5, 5.41) is 4.26. The van der Waals surface area contributed by atoms with Crippen molar-refractivity contribution in [2.75, 3.05) is 6.61 Å². The molecule has 2 heterocycles. The molecule has 2 N–H and O–H groups in total. The van der Waals surface area contributed by atoms with E-state index in [4.69, 9.17) is 10.5 Å². The standard InChI is InChI=1S/C13H23N3O/c1-2-16-10-11(9-15-16)8-12(14)5-6-13-4-3-7-17-13/h9-10,12-13H,2-8,14H2,1H3. The minimum Gasteiger partial charge on any atom is -0.378 e. The zero-order valence-electron chi connectivity index (χ0n) is 10.6. The average molecular weight is 237 g/mol. The van der Waals surface area contributed by atoms with E-state index in [1.54, 1.807) is 0 Å². The normalized spacial score (nSPS) is 21.9. The highest BCUT2D eigenvalue weighted by atomic mass is 16.5. The number of rotatable bonds is 6. The Bertz CT molecular complexity index is 331. The van der Waals surface area contributed by atoms with E-state index in [1.165, 1.54) is 18.4 Å². The molecule has 96 valence electrons. The van der Waals surface area contributed by atoms with Crippen LogP contribution in [0.2, 0.25) is 0 Å². The molecular formula is C13H23N3O. The number of hydrogen-bond donors (Lipinski definition) is 1. The first-order valence-electron chi connectivity index (χ1n) is 6.66. The first kappa shape index (κ1) is 12.6. The van der Waals surface area contributed by atoms with E-state index in [1.807, 2.05) is 10.9 Å². The molecule has 1 aliphatic heterocycles. The van der Waals surface area contributed by atoms with Crippen molar-refractivity contribution in [2.45, 2.75) is 57.7 Å². The van der Waals surface area contributed by atoms with E-state index >= 15 is 0 Å². The molecule has 0 aromatic carbocycles. The molecule has 4 heteroatoms. The molecule has 0 saturated carbocycles. The molecule has 1 aliphatic rings. The van der Waals surface area contributed by atoms with E-state index in [9.17, 15) is 0 Å². The van der Waals surface area contributed by atoms with E-state index in [0.717, 1.165) is 32.4 Å². The van der Waals surface area contributed by atoms with Crippen molar-refractivity contribution >= 4 is 0 Å². The molecule has 2 unspecified atom stereocenters. The SMILES string of the molecule is CCn1cc(CC(N)CCC2CCCO2)cn1. The maximum Gasteiger partial charge on any atom is 0.0576 e. The summed E-state index contributed by atoms with van der Waals surface area (Å²) in [6.45, 7) is 3.95. The van der Waals surface area contributed by atoms with Gasteiger partial charge >= 0.3 is 0 Å². The van der Waals surface area contributed by atoms with Gasteiger partial charge in [0.1, 0.15) is 0 Å². The van der Waals surface area contributed by atoms with Crippen LogP contribution in [0.4, 0.5) is 0 Å². The van der Waals surface area contributed by atoms with Gasteiger partial charge in [-0.3, -0.25) is 4.68 Å². The average Bonchev–Trinajstić information content (AvgIpc) is 2.97. The van der Waals surface area contributed by atoms with Crippen LogP contribution in [0.25, 0.3) is 0 Å². The fraction of sp³-hybridized carbons (Fsp3) is 0.769. The summed E-state index contributed by atoms with van der Waals surface area (Å²) in [5.74, 6) is 0. The molecule has 0 spiro atoms. The molecular weight excluding hydrogens is 214 g/mol. The van der Waals surface area contributed by atoms with Gasteiger partial charge in [-0.25, -0.2) is 0 Å². The molecule has 2 rings (SSSR count). The van der Waals surface area contributed by atoms with Crippen LogP contribution in [0, 0.1) is 0 Å². The van der Waals surface area contributed by atoms with Gasteiger partial charge in [0.2, 0.25) is 0 Å². The minimum atomic E-state index is 0.230. The maximum absolute atomic E-state index is 6.14. The second kappa shape index (κ2) is 6.17. The lowest BCUT2D eigenvalue weighted by molar-refractivity contribution is 0.101. The summed E-state index contributed by atoms with van der Waals surface area (Å²) in [7, 11) is 0. The van der Waals surface area contributed by atoms with Crippen LogP contribution < -0.4 is 5.73 Å². The Morgan fingerprint density at radius 1 is 1.65 bits per heavy atom. The van der Waals surface area contributed by atoms with Gasteiger partial charge in [0, 0.05) is 25.4 Å². The van der Waals surface area contributed by atoms with E-state index < -0.39 is 0 Å². The molecule has 0 radical (unpaired) electrons. The molecule has 1 aromatic rings. The van der Waals surface area contributed by atoms with E-state index in [0.29, 0.717) is 6.10 Å². The largest absolute Gasteiger partial charge is 0.378 e. The molecule has 2 atom stereocenters. The number of nitrogens with two attached hydrogens (primary N) is 1. The van der Waals surface area contributed by atoms with Crippen molar-refractivity contribution in [1.82, 2.24) is 9.78 Å². The lowest BCUT2D eigenvalue weighted by atomic mass is 10.0. The Morgan fingerprint density at radius 3 is 3.18 bits per heavy atom. The highest BCUT2D eigenvalue weighted by Gasteiger charge is 2.16. The Kier molecular flexibility index (Phi) is 4.57. The summed E-state index contributed by atoms with van der Waals surface area (Å²) >= 11 is 0. The molecule has 17 heavy (non-hydrogen) atoms. The van der Waals surface area contributed by atoms with Crippen LogP contribution >= 0.6 is 0 Å². The van der Waals surface area contributed by atoms with Gasteiger partial charge < -0.3 is 10.5 Å². The van der Waals surface area contributed by atoms with Crippen LogP contribution in [-0.4, -0.2) is 28.5 Å². The van der Waals surface area contributed by atoms with E-state index in [2.05, 4.69) is 18.2 Å². The van der Waals surface area contributed by atoms with Crippen LogP contribution in [0.1, 0.15) is 38.2 Å². The van der Waals surface area contributed by atoms with Gasteiger partial charge in [-0.2, -0.15) is 5.10 Å². The van der Waals surface area contributed by atoms with Gasteiger partial charge in [-0.15, -0.1) is 0 Å². The molecule has 1 saturated heterocycles. The second-order valence-electron chi connectivity index (χ2n) is 4.88. The highest BCUT2D eigenvalue weighted by molar-refractivity contribution is 5.05. The monoisotopic (exact) mass is 237 g/mol. The third-order valence-corrected chi connectivity index (χ3v) is 3.39. The molecule has 0 aliphatic carbocycles. The van der Waals surface area contributed by atoms with Gasteiger partial charge in [0.05, 0.1) is 12.3 Å². The Hall–Kier alpha value is -0.870. The fourth-order valence-electron chi connectivity index (χ4n) is 2.36. The number of ether oxygens (including phenoxy) is 1. The predicted molar refractivity (Wildman–Crippen MR) is 67.8 cm³/mol. The first-order valence-corrected chi connectivity index (χ1v) is 6.66. The number of aryl methyl sites for hydroxylation is 1. The Morgan fingerprint density at radius 2 is 2.53 bits per heavy atom. The van der Waals surface area contributed by atoms with Crippen LogP contribution in [-0.2, 0) is 17.7 Å². The van der Waals surface area contributed by atoms with Crippen molar-refractivity contribution in [2.24, 2.45) is 5.73 Å². The van der Waals surface area contributed by atoms with Crippen molar-refractivity contribution in [3.8, 4) is 0 Å². The number of hydrogen-bond acceptors (Lipinski definition) is 3. The molecule has 4 nitrogen and oxygen atoms in total. The van der Waals surface area contributed by atoms with Crippen molar-refractivity contribution < 1.29 is 4.74 Å². The zero-order valence-corrected chi connectivity index (χ0v) is 10.6. The lowest BCUT2D eigenvalue weighted by Crippen LogP contribution is -2.24. The third kappa shape index (κ3) is 3.82. The summed E-state index contributed by atoms with van der Waals surface area (Å²) < 4.78 is 7.55. The van der Waals surface area contributed by atoms with Gasteiger partial charge in [-0.05, 0) is 44.6 Å². The Balaban J connectivity index is 1.70. The number of aromatic nitrogens is 2. The van der Waals surface area contributed by atoms with Crippen molar-refractivity contribution in [3.05, 3.63) is 18.0 Å². The van der Waals surface area contributed by atoms with Gasteiger partial charge in [-0.1, -0.05) is 0 Å². The topological polar surface area (TPSA) is 53.1 Å². The quantitative estimate of drug-likeness (QED) is 0.820. The molecule has 1 fully saturated rings. The van der Waals surface area contributed by atoms with Crippen LogP contribution in [0.15, 0.2) is 12.4 Å². The molecule has 1 aromatic heterocycles. The maximum atomic E-state index is 6.14. The highest BCUT2D eigenvalue weighted by Crippen LogP contribution is 2.18. The number of nitrogens with zero attached hydrogens (tertiary/aromatic N) is 2. The molecule has 0 bridgehead atoms. The van der Waals surface area contributed by atoms with Crippen LogP contribution in [0.3, 0.4) is 0 Å². The van der Waals surface area contributed by atoms with Gasteiger partial charge in [0.25, 0.3) is 0 Å². The van der Waals surface area contributed by atoms with Crippen molar-refractivity contribution in [3.63, 3.8) is 0 Å².